The first-order valence-corrected chi connectivity index (χ1v) is 10.0. The van der Waals surface area contributed by atoms with Gasteiger partial charge in [-0.25, -0.2) is 4.99 Å². The van der Waals surface area contributed by atoms with Crippen LogP contribution in [0.3, 0.4) is 0 Å². The van der Waals surface area contributed by atoms with Gasteiger partial charge in [0, 0.05) is 18.7 Å². The maximum absolute atomic E-state index is 5.48. The largest absolute Gasteiger partial charge is 0.496 e. The molecule has 0 aromatic heterocycles. The van der Waals surface area contributed by atoms with E-state index in [1.807, 2.05) is 0 Å². The van der Waals surface area contributed by atoms with E-state index in [9.17, 15) is 0 Å². The Kier molecular flexibility index (Phi) is 8.75. The van der Waals surface area contributed by atoms with E-state index in [1.165, 1.54) is 44.5 Å². The topological polar surface area (TPSA) is 48.9 Å². The highest BCUT2D eigenvalue weighted by Crippen LogP contribution is 2.21. The van der Waals surface area contributed by atoms with Gasteiger partial charge in [-0.2, -0.15) is 0 Å². The smallest absolute Gasteiger partial charge is 0.191 e. The SMILES string of the molecule is CCNC(=NCc1ccc(C)cc1OC)NCCC1CCN(CC)CC1. The summed E-state index contributed by atoms with van der Waals surface area (Å²) in [6, 6.07) is 6.27. The van der Waals surface area contributed by atoms with Gasteiger partial charge in [0.2, 0.25) is 0 Å². The van der Waals surface area contributed by atoms with Crippen molar-refractivity contribution >= 4 is 5.96 Å². The van der Waals surface area contributed by atoms with Crippen LogP contribution in [0.15, 0.2) is 23.2 Å². The highest BCUT2D eigenvalue weighted by Gasteiger charge is 2.17. The molecular weight excluding hydrogens is 324 g/mol. The average molecular weight is 361 g/mol. The van der Waals surface area contributed by atoms with Crippen molar-refractivity contribution in [1.82, 2.24) is 15.5 Å². The van der Waals surface area contributed by atoms with E-state index in [2.05, 4.69) is 54.5 Å². The number of aliphatic imine (C=N–C) groups is 1. The third kappa shape index (κ3) is 6.52. The van der Waals surface area contributed by atoms with E-state index >= 15 is 0 Å². The Morgan fingerprint density at radius 2 is 2.00 bits per heavy atom. The molecule has 0 saturated carbocycles. The number of guanidine groups is 1. The van der Waals surface area contributed by atoms with Crippen molar-refractivity contribution in [3.05, 3.63) is 29.3 Å². The maximum atomic E-state index is 5.48. The highest BCUT2D eigenvalue weighted by atomic mass is 16.5. The zero-order chi connectivity index (χ0) is 18.8. The van der Waals surface area contributed by atoms with Crippen molar-refractivity contribution in [2.75, 3.05) is 39.8 Å². The Morgan fingerprint density at radius 3 is 2.65 bits per heavy atom. The zero-order valence-corrected chi connectivity index (χ0v) is 17.0. The molecule has 2 rings (SSSR count). The molecule has 1 aliphatic rings. The number of rotatable bonds is 8. The summed E-state index contributed by atoms with van der Waals surface area (Å²) in [5.41, 5.74) is 2.32. The number of benzene rings is 1. The lowest BCUT2D eigenvalue weighted by atomic mass is 9.93. The summed E-state index contributed by atoms with van der Waals surface area (Å²) < 4.78 is 5.48. The van der Waals surface area contributed by atoms with E-state index in [4.69, 9.17) is 9.73 Å². The van der Waals surface area contributed by atoms with Crippen molar-refractivity contribution in [1.29, 1.82) is 0 Å². The van der Waals surface area contributed by atoms with Crippen LogP contribution in [0.2, 0.25) is 0 Å². The first-order chi connectivity index (χ1) is 12.7. The fraction of sp³-hybridized carbons (Fsp3) is 0.667. The Bertz CT molecular complexity index is 565. The quantitative estimate of drug-likeness (QED) is 0.552. The van der Waals surface area contributed by atoms with Crippen LogP contribution in [0.25, 0.3) is 0 Å². The second-order valence-electron chi connectivity index (χ2n) is 7.10. The lowest BCUT2D eigenvalue weighted by Crippen LogP contribution is -2.39. The summed E-state index contributed by atoms with van der Waals surface area (Å²) in [7, 11) is 1.72. The van der Waals surface area contributed by atoms with Gasteiger partial charge in [-0.1, -0.05) is 19.1 Å². The summed E-state index contributed by atoms with van der Waals surface area (Å²) >= 11 is 0. The van der Waals surface area contributed by atoms with Crippen molar-refractivity contribution in [2.24, 2.45) is 10.9 Å². The van der Waals surface area contributed by atoms with Gasteiger partial charge >= 0.3 is 0 Å². The summed E-state index contributed by atoms with van der Waals surface area (Å²) in [6.07, 6.45) is 3.86. The molecule has 0 aliphatic carbocycles. The van der Waals surface area contributed by atoms with Gasteiger partial charge < -0.3 is 20.3 Å². The second kappa shape index (κ2) is 11.1. The fourth-order valence-corrected chi connectivity index (χ4v) is 3.47. The van der Waals surface area contributed by atoms with Crippen LogP contribution in [0.4, 0.5) is 0 Å². The molecule has 1 aliphatic heterocycles. The Labute approximate surface area is 159 Å². The number of hydrogen-bond donors (Lipinski definition) is 2. The molecule has 0 bridgehead atoms. The van der Waals surface area contributed by atoms with E-state index in [0.717, 1.165) is 36.3 Å². The summed E-state index contributed by atoms with van der Waals surface area (Å²) in [5, 5.41) is 6.84. The van der Waals surface area contributed by atoms with Crippen LogP contribution < -0.4 is 15.4 Å². The van der Waals surface area contributed by atoms with Gasteiger partial charge in [0.05, 0.1) is 13.7 Å². The molecule has 1 aromatic rings. The van der Waals surface area contributed by atoms with Gasteiger partial charge in [0.15, 0.2) is 5.96 Å². The molecule has 26 heavy (non-hydrogen) atoms. The molecule has 2 N–H and O–H groups in total. The minimum absolute atomic E-state index is 0.619. The van der Waals surface area contributed by atoms with Crippen LogP contribution in [-0.4, -0.2) is 50.7 Å². The lowest BCUT2D eigenvalue weighted by Gasteiger charge is -2.31. The number of nitrogens with zero attached hydrogens (tertiary/aromatic N) is 2. The minimum atomic E-state index is 0.619. The number of hydrogen-bond acceptors (Lipinski definition) is 3. The third-order valence-electron chi connectivity index (χ3n) is 5.19. The zero-order valence-electron chi connectivity index (χ0n) is 17.0. The normalized spacial score (nSPS) is 16.5. The molecule has 1 fully saturated rings. The van der Waals surface area contributed by atoms with Gasteiger partial charge in [-0.3, -0.25) is 0 Å². The minimum Gasteiger partial charge on any atom is -0.496 e. The molecule has 0 radical (unpaired) electrons. The maximum Gasteiger partial charge on any atom is 0.191 e. The van der Waals surface area contributed by atoms with E-state index < -0.39 is 0 Å². The Hall–Kier alpha value is -1.75. The van der Waals surface area contributed by atoms with Crippen LogP contribution >= 0.6 is 0 Å². The molecular formula is C21H36N4O. The number of aryl methyl sites for hydroxylation is 1. The van der Waals surface area contributed by atoms with Crippen LogP contribution in [0.1, 0.15) is 44.2 Å². The highest BCUT2D eigenvalue weighted by molar-refractivity contribution is 5.79. The van der Waals surface area contributed by atoms with Gasteiger partial charge in [0.25, 0.3) is 0 Å². The fourth-order valence-electron chi connectivity index (χ4n) is 3.47. The number of ether oxygens (including phenoxy) is 1. The van der Waals surface area contributed by atoms with Crippen LogP contribution in [0.5, 0.6) is 5.75 Å². The number of piperidine rings is 1. The predicted octanol–water partition coefficient (Wildman–Crippen LogP) is 3.18. The van der Waals surface area contributed by atoms with Crippen molar-refractivity contribution < 1.29 is 4.74 Å². The van der Waals surface area contributed by atoms with Crippen molar-refractivity contribution in [2.45, 2.75) is 46.6 Å². The number of nitrogens with one attached hydrogen (secondary N) is 2. The first kappa shape index (κ1) is 20.6. The molecule has 0 unspecified atom stereocenters. The third-order valence-corrected chi connectivity index (χ3v) is 5.19. The van der Waals surface area contributed by atoms with Crippen LogP contribution in [0, 0.1) is 12.8 Å². The van der Waals surface area contributed by atoms with E-state index in [1.54, 1.807) is 7.11 Å². The van der Waals surface area contributed by atoms with E-state index in [-0.39, 0.29) is 0 Å². The van der Waals surface area contributed by atoms with Crippen LogP contribution in [-0.2, 0) is 6.54 Å². The molecule has 0 amide bonds. The Balaban J connectivity index is 1.83. The molecule has 0 spiro atoms. The molecule has 5 heteroatoms. The average Bonchev–Trinajstić information content (AvgIpc) is 2.67. The van der Waals surface area contributed by atoms with Crippen molar-refractivity contribution in [3.8, 4) is 5.75 Å². The first-order valence-electron chi connectivity index (χ1n) is 10.0. The molecule has 1 aromatic carbocycles. The lowest BCUT2D eigenvalue weighted by molar-refractivity contribution is 0.187. The Morgan fingerprint density at radius 1 is 1.23 bits per heavy atom. The second-order valence-corrected chi connectivity index (χ2v) is 7.10. The molecule has 146 valence electrons. The van der Waals surface area contributed by atoms with Gasteiger partial charge in [-0.05, 0) is 70.3 Å². The summed E-state index contributed by atoms with van der Waals surface area (Å²) in [5.74, 6) is 2.64. The van der Waals surface area contributed by atoms with E-state index in [0.29, 0.717) is 6.54 Å². The molecule has 1 heterocycles. The number of likely N-dealkylation sites (tertiary alicyclic amines) is 1. The summed E-state index contributed by atoms with van der Waals surface area (Å²) in [4.78, 5) is 7.28. The van der Waals surface area contributed by atoms with Crippen molar-refractivity contribution in [3.63, 3.8) is 0 Å². The molecule has 1 saturated heterocycles. The predicted molar refractivity (Wildman–Crippen MR) is 110 cm³/mol. The van der Waals surface area contributed by atoms with Gasteiger partial charge in [-0.15, -0.1) is 0 Å². The van der Waals surface area contributed by atoms with Gasteiger partial charge in [0.1, 0.15) is 5.75 Å². The number of methoxy groups -OCH3 is 1. The monoisotopic (exact) mass is 360 g/mol. The standard InChI is InChI=1S/C21H36N4O/c1-5-22-21(23-12-9-18-10-13-25(6-2)14-11-18)24-16-19-8-7-17(3)15-20(19)26-4/h7-8,15,18H,5-6,9-14,16H2,1-4H3,(H2,22,23,24). The molecule has 5 nitrogen and oxygen atoms in total. The molecule has 0 atom stereocenters. The summed E-state index contributed by atoms with van der Waals surface area (Å²) in [6.45, 7) is 12.6.